The summed E-state index contributed by atoms with van der Waals surface area (Å²) in [6.45, 7) is 0. The first kappa shape index (κ1) is 14.9. The van der Waals surface area contributed by atoms with Crippen molar-refractivity contribution in [1.82, 2.24) is 4.57 Å². The Bertz CT molecular complexity index is 980. The maximum absolute atomic E-state index is 13.4. The maximum atomic E-state index is 13.4. The number of anilines is 1. The molecule has 0 fully saturated rings. The average Bonchev–Trinajstić information content (AvgIpc) is 2.50. The predicted molar refractivity (Wildman–Crippen MR) is 83.5 cm³/mol. The number of hydrogen-bond donors (Lipinski definition) is 1. The highest BCUT2D eigenvalue weighted by molar-refractivity contribution is 6.05. The highest BCUT2D eigenvalue weighted by Crippen LogP contribution is 2.14. The standard InChI is InChI=1S/C17H12F2N2O2/c1-21-9-14(16(22)13-8-11(19)5-6-15(13)21)17(23)20-12-4-2-3-10(18)7-12/h2-9H,1H3,(H,20,23). The second-order valence-corrected chi connectivity index (χ2v) is 5.11. The zero-order chi connectivity index (χ0) is 16.6. The third kappa shape index (κ3) is 2.83. The van der Waals surface area contributed by atoms with E-state index < -0.39 is 23.0 Å². The topological polar surface area (TPSA) is 51.1 Å². The van der Waals surface area contributed by atoms with Crippen molar-refractivity contribution in [1.29, 1.82) is 0 Å². The summed E-state index contributed by atoms with van der Waals surface area (Å²) in [7, 11) is 1.65. The predicted octanol–water partition coefficient (Wildman–Crippen LogP) is 3.07. The van der Waals surface area contributed by atoms with Gasteiger partial charge in [-0.1, -0.05) is 6.07 Å². The van der Waals surface area contributed by atoms with Crippen LogP contribution in [0.3, 0.4) is 0 Å². The molecule has 1 heterocycles. The van der Waals surface area contributed by atoms with E-state index in [-0.39, 0.29) is 16.6 Å². The van der Waals surface area contributed by atoms with Crippen molar-refractivity contribution in [2.45, 2.75) is 0 Å². The molecule has 1 aromatic heterocycles. The van der Waals surface area contributed by atoms with Crippen molar-refractivity contribution < 1.29 is 13.6 Å². The molecule has 0 spiro atoms. The number of nitrogens with one attached hydrogen (secondary N) is 1. The molecule has 0 aliphatic carbocycles. The van der Waals surface area contributed by atoms with Crippen LogP contribution in [0.1, 0.15) is 10.4 Å². The van der Waals surface area contributed by atoms with Gasteiger partial charge in [0.2, 0.25) is 5.43 Å². The Morgan fingerprint density at radius 1 is 1.09 bits per heavy atom. The quantitative estimate of drug-likeness (QED) is 0.790. The van der Waals surface area contributed by atoms with E-state index in [4.69, 9.17) is 0 Å². The maximum Gasteiger partial charge on any atom is 0.261 e. The molecular formula is C17H12F2N2O2. The molecule has 4 nitrogen and oxygen atoms in total. The van der Waals surface area contributed by atoms with Gasteiger partial charge in [-0.05, 0) is 36.4 Å². The molecule has 116 valence electrons. The van der Waals surface area contributed by atoms with E-state index in [1.165, 1.54) is 36.5 Å². The van der Waals surface area contributed by atoms with Crippen molar-refractivity contribution in [3.05, 3.63) is 76.1 Å². The average molecular weight is 314 g/mol. The van der Waals surface area contributed by atoms with Crippen LogP contribution < -0.4 is 10.7 Å². The van der Waals surface area contributed by atoms with Gasteiger partial charge in [0, 0.05) is 24.3 Å². The van der Waals surface area contributed by atoms with Crippen LogP contribution in [-0.4, -0.2) is 10.5 Å². The fraction of sp³-hybridized carbons (Fsp3) is 0.0588. The Morgan fingerprint density at radius 3 is 2.57 bits per heavy atom. The van der Waals surface area contributed by atoms with Gasteiger partial charge in [-0.15, -0.1) is 0 Å². The van der Waals surface area contributed by atoms with E-state index in [2.05, 4.69) is 5.32 Å². The molecule has 0 bridgehead atoms. The van der Waals surface area contributed by atoms with Crippen molar-refractivity contribution in [2.75, 3.05) is 5.32 Å². The lowest BCUT2D eigenvalue weighted by Gasteiger charge is -2.10. The first-order valence-electron chi connectivity index (χ1n) is 6.81. The lowest BCUT2D eigenvalue weighted by molar-refractivity contribution is 0.102. The third-order valence-electron chi connectivity index (χ3n) is 3.48. The first-order chi connectivity index (χ1) is 11.0. The van der Waals surface area contributed by atoms with Gasteiger partial charge in [-0.2, -0.15) is 0 Å². The molecule has 0 saturated carbocycles. The summed E-state index contributed by atoms with van der Waals surface area (Å²) >= 11 is 0. The molecule has 0 atom stereocenters. The second-order valence-electron chi connectivity index (χ2n) is 5.11. The van der Waals surface area contributed by atoms with Gasteiger partial charge in [-0.3, -0.25) is 9.59 Å². The molecule has 3 aromatic rings. The molecule has 2 aromatic carbocycles. The Morgan fingerprint density at radius 2 is 1.83 bits per heavy atom. The van der Waals surface area contributed by atoms with Gasteiger partial charge < -0.3 is 9.88 Å². The fourth-order valence-electron chi connectivity index (χ4n) is 2.39. The fourth-order valence-corrected chi connectivity index (χ4v) is 2.39. The summed E-state index contributed by atoms with van der Waals surface area (Å²) in [5, 5.41) is 2.57. The molecule has 3 rings (SSSR count). The van der Waals surface area contributed by atoms with E-state index in [0.717, 1.165) is 12.1 Å². The van der Waals surface area contributed by atoms with E-state index in [9.17, 15) is 18.4 Å². The number of amides is 1. The number of nitrogens with zero attached hydrogens (tertiary/aromatic N) is 1. The van der Waals surface area contributed by atoms with Crippen molar-refractivity contribution in [3.63, 3.8) is 0 Å². The summed E-state index contributed by atoms with van der Waals surface area (Å²) in [6, 6.07) is 9.15. The number of carbonyl (C=O) groups is 1. The highest BCUT2D eigenvalue weighted by Gasteiger charge is 2.15. The van der Waals surface area contributed by atoms with E-state index in [1.54, 1.807) is 11.6 Å². The molecule has 23 heavy (non-hydrogen) atoms. The van der Waals surface area contributed by atoms with E-state index in [1.807, 2.05) is 0 Å². The highest BCUT2D eigenvalue weighted by atomic mass is 19.1. The van der Waals surface area contributed by atoms with Crippen molar-refractivity contribution >= 4 is 22.5 Å². The number of halogens is 2. The normalized spacial score (nSPS) is 10.7. The Hall–Kier alpha value is -3.02. The SMILES string of the molecule is Cn1cc(C(=O)Nc2cccc(F)c2)c(=O)c2cc(F)ccc21. The molecule has 0 unspecified atom stereocenters. The molecule has 6 heteroatoms. The van der Waals surface area contributed by atoms with Crippen LogP contribution in [-0.2, 0) is 7.05 Å². The monoisotopic (exact) mass is 314 g/mol. The van der Waals surface area contributed by atoms with Crippen LogP contribution in [0.4, 0.5) is 14.5 Å². The Labute approximate surface area is 130 Å². The molecule has 0 radical (unpaired) electrons. The molecule has 0 aliphatic heterocycles. The number of rotatable bonds is 2. The Kier molecular flexibility index (Phi) is 3.65. The minimum absolute atomic E-state index is 0.111. The van der Waals surface area contributed by atoms with Crippen LogP contribution >= 0.6 is 0 Å². The minimum atomic E-state index is -0.678. The second kappa shape index (κ2) is 5.64. The summed E-state index contributed by atoms with van der Waals surface area (Å²) in [5.74, 6) is -1.74. The lowest BCUT2D eigenvalue weighted by atomic mass is 10.1. The largest absolute Gasteiger partial charge is 0.350 e. The number of carbonyl (C=O) groups excluding carboxylic acids is 1. The molecule has 0 aliphatic rings. The number of hydrogen-bond acceptors (Lipinski definition) is 2. The van der Waals surface area contributed by atoms with E-state index >= 15 is 0 Å². The molecular weight excluding hydrogens is 302 g/mol. The summed E-state index contributed by atoms with van der Waals surface area (Å²) < 4.78 is 28.1. The molecule has 1 N–H and O–H groups in total. The van der Waals surface area contributed by atoms with Gasteiger partial charge in [0.1, 0.15) is 17.2 Å². The Balaban J connectivity index is 2.07. The molecule has 0 saturated heterocycles. The third-order valence-corrected chi connectivity index (χ3v) is 3.48. The number of fused-ring (bicyclic) bond motifs is 1. The number of aromatic nitrogens is 1. The van der Waals surface area contributed by atoms with Crippen molar-refractivity contribution in [2.24, 2.45) is 7.05 Å². The summed E-state index contributed by atoms with van der Waals surface area (Å²) in [4.78, 5) is 24.7. The lowest BCUT2D eigenvalue weighted by Crippen LogP contribution is -2.23. The van der Waals surface area contributed by atoms with Crippen LogP contribution in [0, 0.1) is 11.6 Å². The van der Waals surface area contributed by atoms with Gasteiger partial charge in [0.15, 0.2) is 0 Å². The zero-order valence-electron chi connectivity index (χ0n) is 12.1. The van der Waals surface area contributed by atoms with Crippen LogP contribution in [0.2, 0.25) is 0 Å². The van der Waals surface area contributed by atoms with Crippen LogP contribution in [0.5, 0.6) is 0 Å². The van der Waals surface area contributed by atoms with E-state index in [0.29, 0.717) is 5.52 Å². The first-order valence-corrected chi connectivity index (χ1v) is 6.81. The number of pyridine rings is 1. The van der Waals surface area contributed by atoms with Gasteiger partial charge in [0.25, 0.3) is 5.91 Å². The zero-order valence-corrected chi connectivity index (χ0v) is 12.1. The van der Waals surface area contributed by atoms with Crippen LogP contribution in [0.15, 0.2) is 53.5 Å². The summed E-state index contributed by atoms with van der Waals surface area (Å²) in [6.07, 6.45) is 1.37. The molecule has 1 amide bonds. The summed E-state index contributed by atoms with van der Waals surface area (Å²) in [5.41, 5.74) is 0.0245. The van der Waals surface area contributed by atoms with Crippen LogP contribution in [0.25, 0.3) is 10.9 Å². The van der Waals surface area contributed by atoms with Gasteiger partial charge in [0.05, 0.1) is 5.52 Å². The minimum Gasteiger partial charge on any atom is -0.350 e. The van der Waals surface area contributed by atoms with Gasteiger partial charge in [-0.25, -0.2) is 8.78 Å². The van der Waals surface area contributed by atoms with Gasteiger partial charge >= 0.3 is 0 Å². The number of benzene rings is 2. The number of aryl methyl sites for hydroxylation is 1. The van der Waals surface area contributed by atoms with Crippen molar-refractivity contribution in [3.8, 4) is 0 Å². The smallest absolute Gasteiger partial charge is 0.261 e.